The number of halogens is 1. The highest BCUT2D eigenvalue weighted by molar-refractivity contribution is 6.31. The fourth-order valence-corrected chi connectivity index (χ4v) is 2.85. The molecular formula is C16H19ClN4O2. The first-order valence-corrected chi connectivity index (χ1v) is 8.02. The third-order valence-electron chi connectivity index (χ3n) is 3.99. The Morgan fingerprint density at radius 3 is 2.70 bits per heavy atom. The highest BCUT2D eigenvalue weighted by atomic mass is 35.5. The van der Waals surface area contributed by atoms with Gasteiger partial charge in [0.05, 0.1) is 6.54 Å². The second-order valence-corrected chi connectivity index (χ2v) is 6.06. The fourth-order valence-electron chi connectivity index (χ4n) is 2.65. The Hall–Kier alpha value is -1.92. The zero-order valence-electron chi connectivity index (χ0n) is 13.0. The van der Waals surface area contributed by atoms with Crippen LogP contribution in [0, 0.1) is 0 Å². The zero-order chi connectivity index (χ0) is 16.2. The van der Waals surface area contributed by atoms with Crippen molar-refractivity contribution in [1.82, 2.24) is 19.9 Å². The maximum Gasteiger partial charge on any atom is 0.240 e. The summed E-state index contributed by atoms with van der Waals surface area (Å²) < 4.78 is 5.33. The summed E-state index contributed by atoms with van der Waals surface area (Å²) in [5.41, 5.74) is 0.983. The number of carbonyl (C=O) groups excluding carboxylic acids is 1. The van der Waals surface area contributed by atoms with E-state index in [-0.39, 0.29) is 5.91 Å². The van der Waals surface area contributed by atoms with Crippen LogP contribution in [0.15, 0.2) is 28.8 Å². The zero-order valence-corrected chi connectivity index (χ0v) is 13.8. The van der Waals surface area contributed by atoms with E-state index in [4.69, 9.17) is 16.1 Å². The summed E-state index contributed by atoms with van der Waals surface area (Å²) in [7, 11) is 0. The van der Waals surface area contributed by atoms with Crippen LogP contribution < -0.4 is 0 Å². The first kappa shape index (κ1) is 16.0. The molecule has 23 heavy (non-hydrogen) atoms. The Morgan fingerprint density at radius 1 is 1.26 bits per heavy atom. The van der Waals surface area contributed by atoms with Crippen LogP contribution in [-0.2, 0) is 17.8 Å². The normalized spacial score (nSPS) is 15.8. The highest BCUT2D eigenvalue weighted by Gasteiger charge is 2.20. The van der Waals surface area contributed by atoms with Gasteiger partial charge < -0.3 is 9.42 Å². The van der Waals surface area contributed by atoms with Gasteiger partial charge in [-0.3, -0.25) is 9.69 Å². The summed E-state index contributed by atoms with van der Waals surface area (Å²) in [4.78, 5) is 19.8. The van der Waals surface area contributed by atoms with Gasteiger partial charge in [0.2, 0.25) is 11.8 Å². The molecule has 1 aliphatic rings. The molecule has 122 valence electrons. The average molecular weight is 335 g/mol. The molecule has 2 heterocycles. The number of hydrogen-bond acceptors (Lipinski definition) is 5. The molecule has 1 aliphatic heterocycles. The van der Waals surface area contributed by atoms with E-state index in [9.17, 15) is 4.79 Å². The number of aromatic nitrogens is 2. The number of piperazine rings is 1. The first-order chi connectivity index (χ1) is 11.1. The van der Waals surface area contributed by atoms with Gasteiger partial charge >= 0.3 is 0 Å². The lowest BCUT2D eigenvalue weighted by atomic mass is 10.1. The number of benzene rings is 1. The molecule has 2 aromatic rings. The Bertz CT molecular complexity index is 680. The maximum absolute atomic E-state index is 11.3. The van der Waals surface area contributed by atoms with E-state index < -0.39 is 0 Å². The van der Waals surface area contributed by atoms with Crippen LogP contribution in [-0.4, -0.2) is 52.0 Å². The lowest BCUT2D eigenvalue weighted by molar-refractivity contribution is -0.130. The van der Waals surface area contributed by atoms with E-state index in [1.54, 1.807) is 6.92 Å². The van der Waals surface area contributed by atoms with Crippen LogP contribution >= 0.6 is 11.6 Å². The van der Waals surface area contributed by atoms with Gasteiger partial charge in [0.15, 0.2) is 5.82 Å². The number of hydrogen-bond donors (Lipinski definition) is 0. The Labute approximate surface area is 140 Å². The van der Waals surface area contributed by atoms with Crippen molar-refractivity contribution in [2.45, 2.75) is 19.9 Å². The van der Waals surface area contributed by atoms with Crippen molar-refractivity contribution in [3.63, 3.8) is 0 Å². The minimum atomic E-state index is 0.129. The fraction of sp³-hybridized carbons (Fsp3) is 0.438. The van der Waals surface area contributed by atoms with E-state index in [2.05, 4.69) is 15.0 Å². The van der Waals surface area contributed by atoms with Crippen LogP contribution in [0.25, 0.3) is 0 Å². The molecule has 0 N–H and O–H groups in total. The molecular weight excluding hydrogens is 316 g/mol. The monoisotopic (exact) mass is 334 g/mol. The SMILES string of the molecule is CC(=O)N1CCN(Cc2nc(Cc3ccccc3Cl)no2)CC1. The lowest BCUT2D eigenvalue weighted by Crippen LogP contribution is -2.47. The second kappa shape index (κ2) is 7.10. The summed E-state index contributed by atoms with van der Waals surface area (Å²) in [6.45, 7) is 5.35. The third kappa shape index (κ3) is 4.09. The minimum Gasteiger partial charge on any atom is -0.340 e. The minimum absolute atomic E-state index is 0.129. The Balaban J connectivity index is 1.56. The predicted octanol–water partition coefficient (Wildman–Crippen LogP) is 1.98. The summed E-state index contributed by atoms with van der Waals surface area (Å²) in [5, 5.41) is 4.73. The van der Waals surface area contributed by atoms with E-state index in [0.29, 0.717) is 29.7 Å². The standard InChI is InChI=1S/C16H19ClN4O2/c1-12(22)21-8-6-20(7-9-21)11-16-18-15(19-23-16)10-13-4-2-3-5-14(13)17/h2-5H,6-11H2,1H3. The van der Waals surface area contributed by atoms with Gasteiger partial charge in [-0.1, -0.05) is 35.0 Å². The quantitative estimate of drug-likeness (QED) is 0.855. The Morgan fingerprint density at radius 2 is 2.00 bits per heavy atom. The molecule has 0 aliphatic carbocycles. The average Bonchev–Trinajstić information content (AvgIpc) is 2.97. The molecule has 1 saturated heterocycles. The van der Waals surface area contributed by atoms with Crippen molar-refractivity contribution in [3.05, 3.63) is 46.6 Å². The van der Waals surface area contributed by atoms with E-state index in [0.717, 1.165) is 31.7 Å². The van der Waals surface area contributed by atoms with Crippen LogP contribution in [0.3, 0.4) is 0 Å². The smallest absolute Gasteiger partial charge is 0.240 e. The molecule has 1 amide bonds. The molecule has 1 aromatic carbocycles. The van der Waals surface area contributed by atoms with Gasteiger partial charge in [-0.05, 0) is 11.6 Å². The van der Waals surface area contributed by atoms with Gasteiger partial charge in [-0.15, -0.1) is 0 Å². The lowest BCUT2D eigenvalue weighted by Gasteiger charge is -2.33. The Kier molecular flexibility index (Phi) is 4.93. The molecule has 0 radical (unpaired) electrons. The van der Waals surface area contributed by atoms with Crippen molar-refractivity contribution in [2.75, 3.05) is 26.2 Å². The summed E-state index contributed by atoms with van der Waals surface area (Å²) >= 11 is 6.15. The van der Waals surface area contributed by atoms with Crippen molar-refractivity contribution >= 4 is 17.5 Å². The third-order valence-corrected chi connectivity index (χ3v) is 4.36. The molecule has 1 fully saturated rings. The summed E-state index contributed by atoms with van der Waals surface area (Å²) in [5.74, 6) is 1.36. The molecule has 7 heteroatoms. The topological polar surface area (TPSA) is 62.5 Å². The molecule has 0 unspecified atom stereocenters. The molecule has 6 nitrogen and oxygen atoms in total. The maximum atomic E-state index is 11.3. The predicted molar refractivity (Wildman–Crippen MR) is 86.1 cm³/mol. The largest absolute Gasteiger partial charge is 0.340 e. The highest BCUT2D eigenvalue weighted by Crippen LogP contribution is 2.18. The summed E-state index contributed by atoms with van der Waals surface area (Å²) in [6, 6.07) is 7.65. The number of rotatable bonds is 4. The van der Waals surface area contributed by atoms with E-state index >= 15 is 0 Å². The molecule has 1 aromatic heterocycles. The van der Waals surface area contributed by atoms with Gasteiger partial charge in [0, 0.05) is 44.5 Å². The van der Waals surface area contributed by atoms with Crippen LogP contribution in [0.5, 0.6) is 0 Å². The van der Waals surface area contributed by atoms with Crippen LogP contribution in [0.1, 0.15) is 24.2 Å². The van der Waals surface area contributed by atoms with Crippen molar-refractivity contribution in [3.8, 4) is 0 Å². The van der Waals surface area contributed by atoms with E-state index in [1.165, 1.54) is 0 Å². The van der Waals surface area contributed by atoms with Gasteiger partial charge in [0.1, 0.15) is 0 Å². The van der Waals surface area contributed by atoms with Gasteiger partial charge in [0.25, 0.3) is 0 Å². The van der Waals surface area contributed by atoms with Crippen molar-refractivity contribution < 1.29 is 9.32 Å². The van der Waals surface area contributed by atoms with Crippen molar-refractivity contribution in [1.29, 1.82) is 0 Å². The summed E-state index contributed by atoms with van der Waals surface area (Å²) in [6.07, 6.45) is 0.557. The molecule has 0 atom stereocenters. The van der Waals surface area contributed by atoms with Crippen molar-refractivity contribution in [2.24, 2.45) is 0 Å². The second-order valence-electron chi connectivity index (χ2n) is 5.65. The number of amides is 1. The number of carbonyl (C=O) groups is 1. The molecule has 3 rings (SSSR count). The molecule has 0 spiro atoms. The van der Waals surface area contributed by atoms with Crippen LogP contribution in [0.2, 0.25) is 5.02 Å². The van der Waals surface area contributed by atoms with Gasteiger partial charge in [-0.2, -0.15) is 4.98 Å². The molecule has 0 bridgehead atoms. The van der Waals surface area contributed by atoms with E-state index in [1.807, 2.05) is 29.2 Å². The first-order valence-electron chi connectivity index (χ1n) is 7.64. The van der Waals surface area contributed by atoms with Crippen LogP contribution in [0.4, 0.5) is 0 Å². The number of nitrogens with zero attached hydrogens (tertiary/aromatic N) is 4. The van der Waals surface area contributed by atoms with Gasteiger partial charge in [-0.25, -0.2) is 0 Å². The molecule has 0 saturated carbocycles.